The number of nitrogens with zero attached hydrogens (tertiary/aromatic N) is 2. The van der Waals surface area contributed by atoms with Gasteiger partial charge in [-0.2, -0.15) is 4.31 Å². The van der Waals surface area contributed by atoms with Crippen LogP contribution in [0.15, 0.2) is 47.4 Å². The van der Waals surface area contributed by atoms with E-state index in [0.29, 0.717) is 24.9 Å². The molecule has 0 saturated carbocycles. The average molecular weight is 404 g/mol. The second-order valence-electron chi connectivity index (χ2n) is 6.79. The van der Waals surface area contributed by atoms with Crippen LogP contribution in [0, 0.1) is 16.0 Å². The van der Waals surface area contributed by atoms with Crippen molar-refractivity contribution >= 4 is 22.0 Å². The van der Waals surface area contributed by atoms with Gasteiger partial charge in [0.1, 0.15) is 12.0 Å². The minimum absolute atomic E-state index is 0.0981. The van der Waals surface area contributed by atoms with E-state index in [4.69, 9.17) is 4.74 Å². The Bertz CT molecular complexity index is 1010. The van der Waals surface area contributed by atoms with E-state index in [1.54, 1.807) is 18.2 Å². The highest BCUT2D eigenvalue weighted by molar-refractivity contribution is 7.89. The summed E-state index contributed by atoms with van der Waals surface area (Å²) in [4.78, 5) is 21.6. The second kappa shape index (κ2) is 8.07. The maximum absolute atomic E-state index is 12.9. The predicted molar refractivity (Wildman–Crippen MR) is 102 cm³/mol. The summed E-state index contributed by atoms with van der Waals surface area (Å²) < 4.78 is 32.7. The molecule has 0 spiro atoms. The van der Waals surface area contributed by atoms with Crippen molar-refractivity contribution in [2.24, 2.45) is 5.92 Å². The number of sulfonamides is 1. The van der Waals surface area contributed by atoms with Crippen LogP contribution < -0.4 is 4.74 Å². The zero-order chi connectivity index (χ0) is 20.3. The zero-order valence-electron chi connectivity index (χ0n) is 15.3. The number of rotatable bonds is 6. The molecule has 9 heteroatoms. The van der Waals surface area contributed by atoms with Crippen molar-refractivity contribution in [3.8, 4) is 11.5 Å². The third-order valence-corrected chi connectivity index (χ3v) is 6.47. The minimum atomic E-state index is -3.82. The van der Waals surface area contributed by atoms with E-state index in [1.807, 2.05) is 6.92 Å². The Labute approximate surface area is 162 Å². The molecule has 8 nitrogen and oxygen atoms in total. The standard InChI is InChI=1S/C19H20N2O6S/c1-14-4-3-9-20(12-14)28(25,26)17-7-8-19(18(11-17)21(23)24)27-16-6-2-5-15(10-16)13-22/h2,5-8,10-11,13-14H,3-4,9,12H2,1H3/t14-/m0/s1. The van der Waals surface area contributed by atoms with Gasteiger partial charge in [-0.15, -0.1) is 0 Å². The number of hydrogen-bond donors (Lipinski definition) is 0. The molecule has 0 aromatic heterocycles. The number of ether oxygens (including phenoxy) is 1. The molecule has 3 rings (SSSR count). The Morgan fingerprint density at radius 2 is 2.04 bits per heavy atom. The van der Waals surface area contributed by atoms with E-state index in [9.17, 15) is 23.3 Å². The molecule has 1 atom stereocenters. The van der Waals surface area contributed by atoms with Gasteiger partial charge >= 0.3 is 5.69 Å². The van der Waals surface area contributed by atoms with Crippen LogP contribution in [0.3, 0.4) is 0 Å². The van der Waals surface area contributed by atoms with E-state index in [1.165, 1.54) is 22.5 Å². The van der Waals surface area contributed by atoms with Crippen LogP contribution in [0.5, 0.6) is 11.5 Å². The molecule has 2 aromatic rings. The lowest BCUT2D eigenvalue weighted by Gasteiger charge is -2.30. The normalized spacial score (nSPS) is 17.8. The van der Waals surface area contributed by atoms with Crippen LogP contribution in [0.1, 0.15) is 30.1 Å². The highest BCUT2D eigenvalue weighted by Gasteiger charge is 2.31. The fourth-order valence-corrected chi connectivity index (χ4v) is 4.80. The van der Waals surface area contributed by atoms with Crippen LogP contribution >= 0.6 is 0 Å². The molecule has 148 valence electrons. The number of piperidine rings is 1. The molecule has 1 aliphatic heterocycles. The molecule has 28 heavy (non-hydrogen) atoms. The summed E-state index contributed by atoms with van der Waals surface area (Å²) in [5, 5.41) is 11.5. The van der Waals surface area contributed by atoms with Gasteiger partial charge in [0.25, 0.3) is 0 Å². The zero-order valence-corrected chi connectivity index (χ0v) is 16.1. The van der Waals surface area contributed by atoms with E-state index in [2.05, 4.69) is 0 Å². The Kier molecular flexibility index (Phi) is 5.76. The monoisotopic (exact) mass is 404 g/mol. The fraction of sp³-hybridized carbons (Fsp3) is 0.316. The molecule has 0 aliphatic carbocycles. The van der Waals surface area contributed by atoms with Gasteiger partial charge in [-0.05, 0) is 43.0 Å². The van der Waals surface area contributed by atoms with E-state index in [-0.39, 0.29) is 22.3 Å². The molecule has 2 aromatic carbocycles. The second-order valence-corrected chi connectivity index (χ2v) is 8.73. The summed E-state index contributed by atoms with van der Waals surface area (Å²) >= 11 is 0. The van der Waals surface area contributed by atoms with Gasteiger partial charge in [-0.1, -0.05) is 19.1 Å². The molecule has 0 N–H and O–H groups in total. The van der Waals surface area contributed by atoms with Crippen molar-refractivity contribution < 1.29 is 22.9 Å². The third kappa shape index (κ3) is 4.20. The maximum Gasteiger partial charge on any atom is 0.312 e. The first-order chi connectivity index (χ1) is 13.3. The molecule has 0 amide bonds. The smallest absolute Gasteiger partial charge is 0.312 e. The Balaban J connectivity index is 1.94. The lowest BCUT2D eigenvalue weighted by Crippen LogP contribution is -2.39. The average Bonchev–Trinajstić information content (AvgIpc) is 2.68. The van der Waals surface area contributed by atoms with Gasteiger partial charge in [0.05, 0.1) is 9.82 Å². The largest absolute Gasteiger partial charge is 0.450 e. The number of nitro benzene ring substituents is 1. The molecule has 0 bridgehead atoms. The SMILES string of the molecule is C[C@H]1CCCN(S(=O)(=O)c2ccc(Oc3cccc(C=O)c3)c([N+](=O)[O-])c2)C1. The van der Waals surface area contributed by atoms with Gasteiger partial charge in [-0.25, -0.2) is 8.42 Å². The number of carbonyl (C=O) groups is 1. The Morgan fingerprint density at radius 1 is 1.25 bits per heavy atom. The van der Waals surface area contributed by atoms with Crippen molar-refractivity contribution in [2.75, 3.05) is 13.1 Å². The van der Waals surface area contributed by atoms with Crippen molar-refractivity contribution in [3.05, 3.63) is 58.1 Å². The maximum atomic E-state index is 12.9. The van der Waals surface area contributed by atoms with Gasteiger partial charge in [0.15, 0.2) is 0 Å². The number of benzene rings is 2. The van der Waals surface area contributed by atoms with Crippen LogP contribution in [0.2, 0.25) is 0 Å². The molecule has 1 fully saturated rings. The number of nitro groups is 1. The first-order valence-electron chi connectivity index (χ1n) is 8.83. The minimum Gasteiger partial charge on any atom is -0.450 e. The topological polar surface area (TPSA) is 107 Å². The summed E-state index contributed by atoms with van der Waals surface area (Å²) in [5.74, 6) is 0.387. The molecular weight excluding hydrogens is 384 g/mol. The van der Waals surface area contributed by atoms with Gasteiger partial charge in [0, 0.05) is 24.7 Å². The Hall–Kier alpha value is -2.78. The molecule has 1 saturated heterocycles. The summed E-state index contributed by atoms with van der Waals surface area (Å²) in [5.41, 5.74) is -0.0961. The first-order valence-corrected chi connectivity index (χ1v) is 10.3. The van der Waals surface area contributed by atoms with Gasteiger partial charge < -0.3 is 4.74 Å². The summed E-state index contributed by atoms with van der Waals surface area (Å²) in [6.45, 7) is 2.78. The molecular formula is C19H20N2O6S. The van der Waals surface area contributed by atoms with Crippen LogP contribution in [0.25, 0.3) is 0 Å². The number of aldehydes is 1. The van der Waals surface area contributed by atoms with Crippen LogP contribution in [-0.2, 0) is 10.0 Å². The lowest BCUT2D eigenvalue weighted by atomic mass is 10.0. The van der Waals surface area contributed by atoms with Crippen molar-refractivity contribution in [3.63, 3.8) is 0 Å². The quantitative estimate of drug-likeness (QED) is 0.413. The molecule has 0 radical (unpaired) electrons. The lowest BCUT2D eigenvalue weighted by molar-refractivity contribution is -0.385. The predicted octanol–water partition coefficient (Wildman–Crippen LogP) is 3.62. The number of carbonyl (C=O) groups excluding carboxylic acids is 1. The first kappa shape index (κ1) is 20.0. The Morgan fingerprint density at radius 3 is 2.71 bits per heavy atom. The summed E-state index contributed by atoms with van der Waals surface area (Å²) in [6.07, 6.45) is 2.35. The molecule has 1 aliphatic rings. The fourth-order valence-electron chi connectivity index (χ4n) is 3.18. The van der Waals surface area contributed by atoms with Gasteiger partial charge in [0.2, 0.25) is 15.8 Å². The van der Waals surface area contributed by atoms with E-state index in [0.717, 1.165) is 18.9 Å². The molecule has 0 unspecified atom stereocenters. The molecule has 1 heterocycles. The number of hydrogen-bond acceptors (Lipinski definition) is 6. The summed E-state index contributed by atoms with van der Waals surface area (Å²) in [6, 6.07) is 9.75. The highest BCUT2D eigenvalue weighted by Crippen LogP contribution is 2.35. The van der Waals surface area contributed by atoms with Crippen LogP contribution in [-0.4, -0.2) is 37.0 Å². The van der Waals surface area contributed by atoms with Crippen LogP contribution in [0.4, 0.5) is 5.69 Å². The van der Waals surface area contributed by atoms with Gasteiger partial charge in [-0.3, -0.25) is 14.9 Å². The van der Waals surface area contributed by atoms with Crippen molar-refractivity contribution in [2.45, 2.75) is 24.7 Å². The third-order valence-electron chi connectivity index (χ3n) is 4.61. The van der Waals surface area contributed by atoms with E-state index < -0.39 is 20.6 Å². The highest BCUT2D eigenvalue weighted by atomic mass is 32.2. The van der Waals surface area contributed by atoms with E-state index >= 15 is 0 Å². The van der Waals surface area contributed by atoms with Crippen molar-refractivity contribution in [1.82, 2.24) is 4.31 Å². The van der Waals surface area contributed by atoms with Crippen molar-refractivity contribution in [1.29, 1.82) is 0 Å². The summed E-state index contributed by atoms with van der Waals surface area (Å²) in [7, 11) is -3.82.